The van der Waals surface area contributed by atoms with Crippen LogP contribution in [0.1, 0.15) is 23.2 Å². The van der Waals surface area contributed by atoms with E-state index in [1.807, 2.05) is 0 Å². The van der Waals surface area contributed by atoms with Crippen molar-refractivity contribution in [3.05, 3.63) is 23.8 Å². The molecule has 2 N–H and O–H groups in total. The molecular weight excluding hydrogens is 260 g/mol. The van der Waals surface area contributed by atoms with Crippen molar-refractivity contribution in [3.8, 4) is 11.5 Å². The van der Waals surface area contributed by atoms with Gasteiger partial charge in [0.25, 0.3) is 5.91 Å². The van der Waals surface area contributed by atoms with Gasteiger partial charge < -0.3 is 20.1 Å². The van der Waals surface area contributed by atoms with E-state index in [4.69, 9.17) is 15.2 Å². The Morgan fingerprint density at radius 3 is 2.55 bits per heavy atom. The van der Waals surface area contributed by atoms with Crippen LogP contribution in [0.25, 0.3) is 0 Å². The third-order valence-electron chi connectivity index (χ3n) is 3.47. The fourth-order valence-corrected chi connectivity index (χ4v) is 2.44. The van der Waals surface area contributed by atoms with Crippen LogP contribution in [0.15, 0.2) is 18.2 Å². The van der Waals surface area contributed by atoms with Crippen molar-refractivity contribution in [2.75, 3.05) is 20.8 Å². The van der Waals surface area contributed by atoms with E-state index in [1.165, 1.54) is 19.1 Å². The average molecular weight is 278 g/mol. The van der Waals surface area contributed by atoms with E-state index >= 15 is 0 Å². The highest BCUT2D eigenvalue weighted by Gasteiger charge is 2.33. The van der Waals surface area contributed by atoms with Crippen molar-refractivity contribution in [1.82, 2.24) is 4.90 Å². The summed E-state index contributed by atoms with van der Waals surface area (Å²) in [4.78, 5) is 25.3. The lowest BCUT2D eigenvalue weighted by Crippen LogP contribution is -2.43. The first-order valence-corrected chi connectivity index (χ1v) is 6.40. The van der Waals surface area contributed by atoms with Crippen molar-refractivity contribution in [3.63, 3.8) is 0 Å². The number of amides is 2. The Hall–Kier alpha value is -2.24. The van der Waals surface area contributed by atoms with Gasteiger partial charge in [-0.3, -0.25) is 9.59 Å². The number of ether oxygens (including phenoxy) is 2. The highest BCUT2D eigenvalue weighted by molar-refractivity contribution is 5.98. The Balaban J connectivity index is 2.27. The molecule has 1 aliphatic heterocycles. The Bertz CT molecular complexity index is 530. The second kappa shape index (κ2) is 5.81. The van der Waals surface area contributed by atoms with Crippen molar-refractivity contribution < 1.29 is 19.1 Å². The quantitative estimate of drug-likeness (QED) is 0.883. The van der Waals surface area contributed by atoms with E-state index in [9.17, 15) is 9.59 Å². The molecule has 1 aromatic carbocycles. The second-order valence-electron chi connectivity index (χ2n) is 4.63. The van der Waals surface area contributed by atoms with E-state index in [-0.39, 0.29) is 5.91 Å². The zero-order valence-electron chi connectivity index (χ0n) is 11.6. The molecule has 1 aliphatic rings. The van der Waals surface area contributed by atoms with Gasteiger partial charge in [0, 0.05) is 12.1 Å². The molecule has 6 nitrogen and oxygen atoms in total. The first kappa shape index (κ1) is 14.2. The average Bonchev–Trinajstić information content (AvgIpc) is 2.95. The number of benzene rings is 1. The predicted octanol–water partition coefficient (Wildman–Crippen LogP) is 0.794. The van der Waals surface area contributed by atoms with Crippen LogP contribution in [-0.4, -0.2) is 43.5 Å². The van der Waals surface area contributed by atoms with Gasteiger partial charge >= 0.3 is 0 Å². The van der Waals surface area contributed by atoms with Crippen LogP contribution >= 0.6 is 0 Å². The van der Waals surface area contributed by atoms with Gasteiger partial charge in [0.15, 0.2) is 11.5 Å². The summed E-state index contributed by atoms with van der Waals surface area (Å²) in [5.41, 5.74) is 5.78. The van der Waals surface area contributed by atoms with E-state index in [0.29, 0.717) is 30.0 Å². The maximum Gasteiger partial charge on any atom is 0.254 e. The first-order chi connectivity index (χ1) is 9.58. The fraction of sp³-hybridized carbons (Fsp3) is 0.429. The Morgan fingerprint density at radius 2 is 1.95 bits per heavy atom. The van der Waals surface area contributed by atoms with Crippen LogP contribution in [-0.2, 0) is 4.79 Å². The van der Waals surface area contributed by atoms with Crippen LogP contribution in [0.4, 0.5) is 0 Å². The van der Waals surface area contributed by atoms with Gasteiger partial charge in [-0.25, -0.2) is 0 Å². The molecule has 0 bridgehead atoms. The van der Waals surface area contributed by atoms with Crippen molar-refractivity contribution in [2.24, 2.45) is 5.73 Å². The van der Waals surface area contributed by atoms with Crippen LogP contribution in [0.3, 0.4) is 0 Å². The fourth-order valence-electron chi connectivity index (χ4n) is 2.44. The third kappa shape index (κ3) is 2.54. The summed E-state index contributed by atoms with van der Waals surface area (Å²) >= 11 is 0. The highest BCUT2D eigenvalue weighted by Crippen LogP contribution is 2.29. The molecule has 1 heterocycles. The third-order valence-corrected chi connectivity index (χ3v) is 3.47. The lowest BCUT2D eigenvalue weighted by Gasteiger charge is -2.22. The van der Waals surface area contributed by atoms with Crippen molar-refractivity contribution >= 4 is 11.8 Å². The summed E-state index contributed by atoms with van der Waals surface area (Å²) in [5, 5.41) is 0. The van der Waals surface area contributed by atoms with Gasteiger partial charge in [-0.2, -0.15) is 0 Å². The number of nitrogens with two attached hydrogens (primary N) is 1. The number of carbonyl (C=O) groups excluding carboxylic acids is 2. The number of hydrogen-bond acceptors (Lipinski definition) is 4. The van der Waals surface area contributed by atoms with Crippen LogP contribution in [0, 0.1) is 0 Å². The molecule has 6 heteroatoms. The molecule has 0 unspecified atom stereocenters. The minimum Gasteiger partial charge on any atom is -0.493 e. The maximum absolute atomic E-state index is 12.5. The molecule has 1 atom stereocenters. The summed E-state index contributed by atoms with van der Waals surface area (Å²) < 4.78 is 10.3. The number of hydrogen-bond donors (Lipinski definition) is 1. The van der Waals surface area contributed by atoms with Gasteiger partial charge in [0.2, 0.25) is 5.91 Å². The molecule has 0 radical (unpaired) electrons. The van der Waals surface area contributed by atoms with E-state index in [2.05, 4.69) is 0 Å². The first-order valence-electron chi connectivity index (χ1n) is 6.40. The summed E-state index contributed by atoms with van der Waals surface area (Å²) in [6, 6.07) is 4.41. The minimum atomic E-state index is -0.518. The van der Waals surface area contributed by atoms with E-state index in [1.54, 1.807) is 18.2 Å². The molecule has 0 aromatic heterocycles. The monoisotopic (exact) mass is 278 g/mol. The number of methoxy groups -OCH3 is 2. The normalized spacial score (nSPS) is 17.9. The summed E-state index contributed by atoms with van der Waals surface area (Å²) in [5.74, 6) is 0.355. The SMILES string of the molecule is COc1ccc(C(=O)N2CCC[C@H]2C(N)=O)cc1OC. The summed E-state index contributed by atoms with van der Waals surface area (Å²) in [6.45, 7) is 0.542. The molecule has 20 heavy (non-hydrogen) atoms. The lowest BCUT2D eigenvalue weighted by molar-refractivity contribution is -0.121. The van der Waals surface area contributed by atoms with Gasteiger partial charge in [-0.15, -0.1) is 0 Å². The number of rotatable bonds is 4. The topological polar surface area (TPSA) is 81.9 Å². The lowest BCUT2D eigenvalue weighted by atomic mass is 10.1. The molecule has 0 spiro atoms. The van der Waals surface area contributed by atoms with Crippen molar-refractivity contribution in [1.29, 1.82) is 0 Å². The molecule has 1 fully saturated rings. The largest absolute Gasteiger partial charge is 0.493 e. The molecule has 2 amide bonds. The van der Waals surface area contributed by atoms with Gasteiger partial charge in [-0.05, 0) is 31.0 Å². The second-order valence-corrected chi connectivity index (χ2v) is 4.63. The van der Waals surface area contributed by atoms with Crippen molar-refractivity contribution in [2.45, 2.75) is 18.9 Å². The summed E-state index contributed by atoms with van der Waals surface area (Å²) in [7, 11) is 3.04. The Labute approximate surface area is 117 Å². The zero-order valence-corrected chi connectivity index (χ0v) is 11.6. The number of primary amides is 1. The number of nitrogens with zero attached hydrogens (tertiary/aromatic N) is 1. The smallest absolute Gasteiger partial charge is 0.254 e. The molecule has 108 valence electrons. The Morgan fingerprint density at radius 1 is 1.25 bits per heavy atom. The predicted molar refractivity (Wildman–Crippen MR) is 72.8 cm³/mol. The van der Waals surface area contributed by atoms with Crippen LogP contribution in [0.2, 0.25) is 0 Å². The maximum atomic E-state index is 12.5. The standard InChI is InChI=1S/C14H18N2O4/c1-19-11-6-5-9(8-12(11)20-2)14(18)16-7-3-4-10(16)13(15)17/h5-6,8,10H,3-4,7H2,1-2H3,(H2,15,17)/t10-/m0/s1. The van der Waals surface area contributed by atoms with Crippen LogP contribution < -0.4 is 15.2 Å². The van der Waals surface area contributed by atoms with E-state index < -0.39 is 11.9 Å². The minimum absolute atomic E-state index is 0.216. The van der Waals surface area contributed by atoms with Gasteiger partial charge in [0.1, 0.15) is 6.04 Å². The van der Waals surface area contributed by atoms with Gasteiger partial charge in [-0.1, -0.05) is 0 Å². The zero-order chi connectivity index (χ0) is 14.7. The van der Waals surface area contributed by atoms with Gasteiger partial charge in [0.05, 0.1) is 14.2 Å². The molecule has 0 saturated carbocycles. The summed E-state index contributed by atoms with van der Waals surface area (Å²) in [6.07, 6.45) is 1.40. The highest BCUT2D eigenvalue weighted by atomic mass is 16.5. The molecule has 0 aliphatic carbocycles. The Kier molecular flexibility index (Phi) is 4.12. The number of carbonyl (C=O) groups is 2. The molecule has 2 rings (SSSR count). The van der Waals surface area contributed by atoms with E-state index in [0.717, 1.165) is 6.42 Å². The number of likely N-dealkylation sites (tertiary alicyclic amines) is 1. The molecule has 1 saturated heterocycles. The molecule has 1 aromatic rings. The molecular formula is C14H18N2O4. The van der Waals surface area contributed by atoms with Crippen LogP contribution in [0.5, 0.6) is 11.5 Å².